The predicted octanol–water partition coefficient (Wildman–Crippen LogP) is 1.87. The fraction of sp³-hybridized carbons (Fsp3) is 0.417. The Morgan fingerprint density at radius 2 is 2.12 bits per heavy atom. The lowest BCUT2D eigenvalue weighted by atomic mass is 10.3. The zero-order valence-corrected chi connectivity index (χ0v) is 9.21. The van der Waals surface area contributed by atoms with E-state index in [2.05, 4.69) is 5.32 Å². The van der Waals surface area contributed by atoms with Crippen LogP contribution in [0.25, 0.3) is 0 Å². The molecule has 92 valence electrons. The minimum Gasteiger partial charge on any atom is -0.492 e. The number of nitrogens with one attached hydrogen (secondary N) is 1. The van der Waals surface area contributed by atoms with E-state index in [1.54, 1.807) is 0 Å². The highest BCUT2D eigenvalue weighted by Crippen LogP contribution is 2.28. The Morgan fingerprint density at radius 1 is 1.35 bits per heavy atom. The van der Waals surface area contributed by atoms with E-state index in [9.17, 15) is 13.6 Å². The van der Waals surface area contributed by atoms with Gasteiger partial charge in [0.05, 0.1) is 6.54 Å². The van der Waals surface area contributed by atoms with Gasteiger partial charge in [-0.1, -0.05) is 0 Å². The van der Waals surface area contributed by atoms with Crippen molar-refractivity contribution in [1.29, 1.82) is 0 Å². The van der Waals surface area contributed by atoms with Crippen LogP contribution in [0.5, 0.6) is 5.75 Å². The smallest absolute Gasteiger partial charge is 0.223 e. The van der Waals surface area contributed by atoms with Crippen LogP contribution >= 0.6 is 0 Å². The van der Waals surface area contributed by atoms with Gasteiger partial charge in [-0.05, 0) is 25.0 Å². The van der Waals surface area contributed by atoms with Crippen LogP contribution in [0, 0.1) is 17.6 Å². The van der Waals surface area contributed by atoms with Gasteiger partial charge < -0.3 is 10.1 Å². The van der Waals surface area contributed by atoms with E-state index >= 15 is 0 Å². The molecule has 3 nitrogen and oxygen atoms in total. The van der Waals surface area contributed by atoms with Gasteiger partial charge in [-0.3, -0.25) is 4.79 Å². The maximum Gasteiger partial charge on any atom is 0.223 e. The first-order valence-corrected chi connectivity index (χ1v) is 5.52. The number of carbonyl (C=O) groups is 1. The Morgan fingerprint density at radius 3 is 2.76 bits per heavy atom. The Kier molecular flexibility index (Phi) is 3.56. The summed E-state index contributed by atoms with van der Waals surface area (Å²) < 4.78 is 30.6. The molecule has 1 saturated carbocycles. The molecule has 1 amide bonds. The summed E-state index contributed by atoms with van der Waals surface area (Å²) in [6.07, 6.45) is 1.91. The summed E-state index contributed by atoms with van der Waals surface area (Å²) >= 11 is 0. The minimum atomic E-state index is -0.940. The fourth-order valence-corrected chi connectivity index (χ4v) is 1.40. The molecular weight excluding hydrogens is 228 g/mol. The number of benzene rings is 1. The first kappa shape index (κ1) is 11.8. The number of hydrogen-bond acceptors (Lipinski definition) is 2. The van der Waals surface area contributed by atoms with Gasteiger partial charge >= 0.3 is 0 Å². The molecule has 0 aliphatic heterocycles. The van der Waals surface area contributed by atoms with E-state index in [1.165, 1.54) is 6.07 Å². The highest BCUT2D eigenvalue weighted by molar-refractivity contribution is 5.80. The van der Waals surface area contributed by atoms with E-state index in [-0.39, 0.29) is 24.2 Å². The molecule has 0 atom stereocenters. The summed E-state index contributed by atoms with van der Waals surface area (Å²) in [5.74, 6) is -1.38. The van der Waals surface area contributed by atoms with Gasteiger partial charge in [-0.15, -0.1) is 0 Å². The number of rotatable bonds is 5. The summed E-state index contributed by atoms with van der Waals surface area (Å²) in [6.45, 7) is 0.609. The van der Waals surface area contributed by atoms with Crippen molar-refractivity contribution >= 4 is 5.91 Å². The van der Waals surface area contributed by atoms with Crippen LogP contribution in [0.3, 0.4) is 0 Å². The number of hydrogen-bond donors (Lipinski definition) is 1. The molecule has 0 radical (unpaired) electrons. The molecule has 0 aromatic heterocycles. The molecule has 0 bridgehead atoms. The van der Waals surface area contributed by atoms with E-state index in [4.69, 9.17) is 4.74 Å². The molecule has 1 fully saturated rings. The summed E-state index contributed by atoms with van der Waals surface area (Å²) in [5.41, 5.74) is 0. The van der Waals surface area contributed by atoms with Crippen molar-refractivity contribution in [2.45, 2.75) is 12.8 Å². The van der Waals surface area contributed by atoms with Gasteiger partial charge in [0.15, 0.2) is 11.6 Å². The summed E-state index contributed by atoms with van der Waals surface area (Å²) in [7, 11) is 0. The first-order valence-electron chi connectivity index (χ1n) is 5.52. The summed E-state index contributed by atoms with van der Waals surface area (Å²) in [4.78, 5) is 11.2. The van der Waals surface area contributed by atoms with Crippen molar-refractivity contribution in [3.8, 4) is 5.75 Å². The first-order chi connectivity index (χ1) is 8.16. The van der Waals surface area contributed by atoms with E-state index in [1.807, 2.05) is 0 Å². The van der Waals surface area contributed by atoms with Crippen LogP contribution in [-0.4, -0.2) is 19.1 Å². The molecule has 0 saturated heterocycles. The number of ether oxygens (including phenoxy) is 1. The minimum absolute atomic E-state index is 0.0406. The van der Waals surface area contributed by atoms with Crippen molar-refractivity contribution in [2.24, 2.45) is 5.92 Å². The second kappa shape index (κ2) is 5.12. The molecule has 0 spiro atoms. The van der Waals surface area contributed by atoms with Crippen molar-refractivity contribution in [3.05, 3.63) is 29.8 Å². The van der Waals surface area contributed by atoms with E-state index in [0.717, 1.165) is 25.0 Å². The highest BCUT2D eigenvalue weighted by Gasteiger charge is 2.28. The fourth-order valence-electron chi connectivity index (χ4n) is 1.40. The second-order valence-electron chi connectivity index (χ2n) is 3.99. The molecule has 0 heterocycles. The third-order valence-corrected chi connectivity index (χ3v) is 2.51. The van der Waals surface area contributed by atoms with Crippen LogP contribution in [0.2, 0.25) is 0 Å². The lowest BCUT2D eigenvalue weighted by Gasteiger charge is -2.07. The standard InChI is InChI=1S/C12H13F2NO2/c13-10-4-3-9(7-11(10)14)17-6-5-15-12(16)8-1-2-8/h3-4,7-8H,1-2,5-6H2,(H,15,16). The zero-order valence-electron chi connectivity index (χ0n) is 9.21. The van der Waals surface area contributed by atoms with E-state index in [0.29, 0.717) is 6.54 Å². The summed E-state index contributed by atoms with van der Waals surface area (Å²) in [5, 5.41) is 2.71. The zero-order chi connectivity index (χ0) is 12.3. The number of halogens is 2. The number of carbonyl (C=O) groups excluding carboxylic acids is 1. The normalized spacial score (nSPS) is 14.5. The largest absolute Gasteiger partial charge is 0.492 e. The van der Waals surface area contributed by atoms with Gasteiger partial charge in [0.25, 0.3) is 0 Å². The quantitative estimate of drug-likeness (QED) is 0.799. The molecule has 0 unspecified atom stereocenters. The summed E-state index contributed by atoms with van der Waals surface area (Å²) in [6, 6.07) is 3.34. The Labute approximate surface area is 97.8 Å². The molecule has 1 aromatic carbocycles. The molecule has 17 heavy (non-hydrogen) atoms. The van der Waals surface area contributed by atoms with Crippen molar-refractivity contribution in [2.75, 3.05) is 13.2 Å². The second-order valence-corrected chi connectivity index (χ2v) is 3.99. The van der Waals surface area contributed by atoms with Crippen molar-refractivity contribution in [3.63, 3.8) is 0 Å². The van der Waals surface area contributed by atoms with Crippen LogP contribution in [0.4, 0.5) is 8.78 Å². The van der Waals surface area contributed by atoms with Crippen LogP contribution in [0.1, 0.15) is 12.8 Å². The predicted molar refractivity (Wildman–Crippen MR) is 57.6 cm³/mol. The van der Waals surface area contributed by atoms with Crippen LogP contribution in [0.15, 0.2) is 18.2 Å². The van der Waals surface area contributed by atoms with Gasteiger partial charge in [-0.2, -0.15) is 0 Å². The Hall–Kier alpha value is -1.65. The maximum atomic E-state index is 12.8. The van der Waals surface area contributed by atoms with Gasteiger partial charge in [0.2, 0.25) is 5.91 Å². The average molecular weight is 241 g/mol. The maximum absolute atomic E-state index is 12.8. The Balaban J connectivity index is 1.70. The molecule has 2 rings (SSSR count). The van der Waals surface area contributed by atoms with E-state index < -0.39 is 11.6 Å². The molecular formula is C12H13F2NO2. The van der Waals surface area contributed by atoms with Crippen LogP contribution < -0.4 is 10.1 Å². The monoisotopic (exact) mass is 241 g/mol. The SMILES string of the molecule is O=C(NCCOc1ccc(F)c(F)c1)C1CC1. The van der Waals surface area contributed by atoms with Gasteiger partial charge in [-0.25, -0.2) is 8.78 Å². The third-order valence-electron chi connectivity index (χ3n) is 2.51. The van der Waals surface area contributed by atoms with Crippen molar-refractivity contribution < 1.29 is 18.3 Å². The molecule has 1 aromatic rings. The third kappa shape index (κ3) is 3.41. The van der Waals surface area contributed by atoms with Crippen LogP contribution in [-0.2, 0) is 4.79 Å². The molecule has 5 heteroatoms. The van der Waals surface area contributed by atoms with Gasteiger partial charge in [0.1, 0.15) is 12.4 Å². The molecule has 1 N–H and O–H groups in total. The average Bonchev–Trinajstić information content (AvgIpc) is 3.13. The van der Waals surface area contributed by atoms with Gasteiger partial charge in [0, 0.05) is 12.0 Å². The van der Waals surface area contributed by atoms with Crippen molar-refractivity contribution in [1.82, 2.24) is 5.32 Å². The Bertz CT molecular complexity index is 419. The molecule has 1 aliphatic rings. The molecule has 1 aliphatic carbocycles. The highest BCUT2D eigenvalue weighted by atomic mass is 19.2. The topological polar surface area (TPSA) is 38.3 Å². The number of amides is 1. The lowest BCUT2D eigenvalue weighted by Crippen LogP contribution is -2.29. The lowest BCUT2D eigenvalue weighted by molar-refractivity contribution is -0.122.